The zero-order chi connectivity index (χ0) is 17.5. The minimum atomic E-state index is -0.0582. The van der Waals surface area contributed by atoms with Crippen molar-refractivity contribution in [3.63, 3.8) is 0 Å². The fourth-order valence-electron chi connectivity index (χ4n) is 2.81. The maximum absolute atomic E-state index is 12.3. The number of urea groups is 1. The molecule has 0 spiro atoms. The third-order valence-electron chi connectivity index (χ3n) is 4.16. The number of hydrogen-bond acceptors (Lipinski definition) is 5. The molecule has 128 valence electrons. The number of piperazine rings is 1. The third-order valence-corrected chi connectivity index (χ3v) is 4.16. The van der Waals surface area contributed by atoms with Crippen molar-refractivity contribution in [2.45, 2.75) is 6.42 Å². The quantitative estimate of drug-likeness (QED) is 0.913. The van der Waals surface area contributed by atoms with Gasteiger partial charge in [-0.05, 0) is 24.3 Å². The number of hydrogen-bond donors (Lipinski definition) is 1. The number of nitriles is 1. The van der Waals surface area contributed by atoms with Gasteiger partial charge >= 0.3 is 6.03 Å². The van der Waals surface area contributed by atoms with E-state index in [2.05, 4.69) is 26.3 Å². The van der Waals surface area contributed by atoms with Crippen LogP contribution >= 0.6 is 0 Å². The molecule has 1 saturated heterocycles. The molecule has 0 aromatic carbocycles. The number of anilines is 1. The minimum absolute atomic E-state index is 0.0582. The van der Waals surface area contributed by atoms with Crippen LogP contribution in [0.15, 0.2) is 42.7 Å². The predicted octanol–water partition coefficient (Wildman–Crippen LogP) is 1.42. The number of carbonyl (C=O) groups excluding carboxylic acids is 1. The highest BCUT2D eigenvalue weighted by Gasteiger charge is 2.23. The van der Waals surface area contributed by atoms with E-state index in [-0.39, 0.29) is 6.03 Å². The molecule has 0 saturated carbocycles. The first-order chi connectivity index (χ1) is 12.3. The lowest BCUT2D eigenvalue weighted by molar-refractivity contribution is 0.194. The predicted molar refractivity (Wildman–Crippen MR) is 94.1 cm³/mol. The Hall–Kier alpha value is -3.14. The molecule has 0 atom stereocenters. The Labute approximate surface area is 146 Å². The summed E-state index contributed by atoms with van der Waals surface area (Å²) in [6, 6.07) is 11.4. The van der Waals surface area contributed by atoms with Crippen LogP contribution in [0.1, 0.15) is 11.3 Å². The Morgan fingerprint density at radius 2 is 1.92 bits per heavy atom. The summed E-state index contributed by atoms with van der Waals surface area (Å²) in [4.78, 5) is 24.7. The second-order valence-corrected chi connectivity index (χ2v) is 5.76. The second-order valence-electron chi connectivity index (χ2n) is 5.76. The molecule has 1 aliphatic heterocycles. The largest absolute Gasteiger partial charge is 0.352 e. The first-order valence-corrected chi connectivity index (χ1v) is 8.30. The third kappa shape index (κ3) is 4.23. The van der Waals surface area contributed by atoms with Gasteiger partial charge in [0.15, 0.2) is 0 Å². The molecule has 3 heterocycles. The maximum Gasteiger partial charge on any atom is 0.317 e. The van der Waals surface area contributed by atoms with E-state index in [0.717, 1.165) is 5.69 Å². The molecule has 2 aromatic rings. The van der Waals surface area contributed by atoms with Gasteiger partial charge in [-0.25, -0.2) is 9.78 Å². The molecule has 0 bridgehead atoms. The minimum Gasteiger partial charge on any atom is -0.352 e. The van der Waals surface area contributed by atoms with Crippen LogP contribution in [-0.2, 0) is 6.42 Å². The molecule has 25 heavy (non-hydrogen) atoms. The van der Waals surface area contributed by atoms with Gasteiger partial charge in [-0.15, -0.1) is 0 Å². The summed E-state index contributed by atoms with van der Waals surface area (Å²) in [7, 11) is 0. The standard InChI is InChI=1S/C18H20N6O/c19-14-15-4-3-8-21-17(15)23-10-12-24(13-11-23)18(25)22-9-6-16-5-1-2-7-20-16/h1-5,7-8H,6,9-13H2,(H,22,25). The molecular formula is C18H20N6O. The molecule has 7 nitrogen and oxygen atoms in total. The molecule has 1 aliphatic rings. The van der Waals surface area contributed by atoms with Gasteiger partial charge in [-0.1, -0.05) is 6.07 Å². The zero-order valence-corrected chi connectivity index (χ0v) is 13.9. The number of nitrogens with one attached hydrogen (secondary N) is 1. The van der Waals surface area contributed by atoms with E-state index in [1.165, 1.54) is 0 Å². The van der Waals surface area contributed by atoms with Crippen LogP contribution in [-0.4, -0.2) is 53.6 Å². The first-order valence-electron chi connectivity index (χ1n) is 8.30. The topological polar surface area (TPSA) is 85.2 Å². The van der Waals surface area contributed by atoms with Gasteiger partial charge in [-0.3, -0.25) is 4.98 Å². The lowest BCUT2D eigenvalue weighted by atomic mass is 10.2. The fourth-order valence-corrected chi connectivity index (χ4v) is 2.81. The Morgan fingerprint density at radius 1 is 1.12 bits per heavy atom. The van der Waals surface area contributed by atoms with Crippen molar-refractivity contribution in [3.05, 3.63) is 54.0 Å². The van der Waals surface area contributed by atoms with Crippen LogP contribution in [0.5, 0.6) is 0 Å². The Morgan fingerprint density at radius 3 is 2.64 bits per heavy atom. The molecule has 2 amide bonds. The van der Waals surface area contributed by atoms with E-state index >= 15 is 0 Å². The number of pyridine rings is 2. The van der Waals surface area contributed by atoms with Crippen LogP contribution in [0.4, 0.5) is 10.6 Å². The van der Waals surface area contributed by atoms with Crippen LogP contribution in [0.2, 0.25) is 0 Å². The summed E-state index contributed by atoms with van der Waals surface area (Å²) in [5.41, 5.74) is 1.53. The van der Waals surface area contributed by atoms with Crippen molar-refractivity contribution in [3.8, 4) is 6.07 Å². The second kappa shape index (κ2) is 8.11. The van der Waals surface area contributed by atoms with Gasteiger partial charge in [0.2, 0.25) is 0 Å². The summed E-state index contributed by atoms with van der Waals surface area (Å²) in [5, 5.41) is 12.1. The Balaban J connectivity index is 1.47. The SMILES string of the molecule is N#Cc1cccnc1N1CCN(C(=O)NCCc2ccccn2)CC1. The molecule has 0 aliphatic carbocycles. The van der Waals surface area contributed by atoms with Crippen LogP contribution in [0.3, 0.4) is 0 Å². The lowest BCUT2D eigenvalue weighted by Gasteiger charge is -2.35. The average Bonchev–Trinajstić information content (AvgIpc) is 2.69. The molecule has 2 aromatic heterocycles. The molecule has 0 unspecified atom stereocenters. The van der Waals surface area contributed by atoms with Crippen molar-refractivity contribution in [2.24, 2.45) is 0 Å². The van der Waals surface area contributed by atoms with Gasteiger partial charge in [0, 0.05) is 57.2 Å². The lowest BCUT2D eigenvalue weighted by Crippen LogP contribution is -2.52. The maximum atomic E-state index is 12.3. The number of aromatic nitrogens is 2. The first kappa shape index (κ1) is 16.7. The number of rotatable bonds is 4. The molecule has 7 heteroatoms. The van der Waals surface area contributed by atoms with Gasteiger partial charge in [0.05, 0.1) is 5.56 Å². The zero-order valence-electron chi connectivity index (χ0n) is 13.9. The Kier molecular flexibility index (Phi) is 5.42. The molecule has 3 rings (SSSR count). The van der Waals surface area contributed by atoms with Crippen molar-refractivity contribution < 1.29 is 4.79 Å². The van der Waals surface area contributed by atoms with Crippen molar-refractivity contribution in [2.75, 3.05) is 37.6 Å². The molecular weight excluding hydrogens is 316 g/mol. The van der Waals surface area contributed by atoms with E-state index in [4.69, 9.17) is 0 Å². The van der Waals surface area contributed by atoms with E-state index in [9.17, 15) is 10.1 Å². The number of amides is 2. The smallest absolute Gasteiger partial charge is 0.317 e. The summed E-state index contributed by atoms with van der Waals surface area (Å²) in [6.07, 6.45) is 4.16. The van der Waals surface area contributed by atoms with Gasteiger partial charge < -0.3 is 15.1 Å². The highest BCUT2D eigenvalue weighted by atomic mass is 16.2. The van der Waals surface area contributed by atoms with Crippen LogP contribution in [0, 0.1) is 11.3 Å². The number of nitrogens with zero attached hydrogens (tertiary/aromatic N) is 5. The van der Waals surface area contributed by atoms with E-state index in [0.29, 0.717) is 50.5 Å². The van der Waals surface area contributed by atoms with Gasteiger partial charge in [-0.2, -0.15) is 5.26 Å². The van der Waals surface area contributed by atoms with Gasteiger partial charge in [0.1, 0.15) is 11.9 Å². The average molecular weight is 336 g/mol. The number of carbonyl (C=O) groups is 1. The van der Waals surface area contributed by atoms with Crippen molar-refractivity contribution in [1.82, 2.24) is 20.2 Å². The Bertz CT molecular complexity index is 750. The fraction of sp³-hybridized carbons (Fsp3) is 0.333. The van der Waals surface area contributed by atoms with E-state index in [1.807, 2.05) is 18.2 Å². The molecule has 1 fully saturated rings. The monoisotopic (exact) mass is 336 g/mol. The highest BCUT2D eigenvalue weighted by molar-refractivity contribution is 5.74. The summed E-state index contributed by atoms with van der Waals surface area (Å²) < 4.78 is 0. The van der Waals surface area contributed by atoms with Crippen molar-refractivity contribution in [1.29, 1.82) is 5.26 Å². The van der Waals surface area contributed by atoms with Gasteiger partial charge in [0.25, 0.3) is 0 Å². The summed E-state index contributed by atoms with van der Waals surface area (Å²) in [6.45, 7) is 3.11. The highest BCUT2D eigenvalue weighted by Crippen LogP contribution is 2.17. The normalized spacial score (nSPS) is 14.0. The molecule has 1 N–H and O–H groups in total. The molecule has 0 radical (unpaired) electrons. The van der Waals surface area contributed by atoms with Crippen LogP contribution < -0.4 is 10.2 Å². The van der Waals surface area contributed by atoms with Crippen molar-refractivity contribution >= 4 is 11.8 Å². The van der Waals surface area contributed by atoms with Crippen LogP contribution in [0.25, 0.3) is 0 Å². The summed E-state index contributed by atoms with van der Waals surface area (Å²) >= 11 is 0. The van der Waals surface area contributed by atoms with E-state index in [1.54, 1.807) is 29.4 Å². The summed E-state index contributed by atoms with van der Waals surface area (Å²) in [5.74, 6) is 0.695. The van der Waals surface area contributed by atoms with E-state index < -0.39 is 0 Å².